The molecule has 0 saturated heterocycles. The summed E-state index contributed by atoms with van der Waals surface area (Å²) < 4.78 is 51.1. The second kappa shape index (κ2) is 8.13. The molecular formula is C25H21FN2O4S. The van der Waals surface area contributed by atoms with Gasteiger partial charge in [-0.05, 0) is 47.2 Å². The van der Waals surface area contributed by atoms with Gasteiger partial charge in [-0.1, -0.05) is 18.2 Å². The summed E-state index contributed by atoms with van der Waals surface area (Å²) in [5.74, 6) is 0.741. The summed E-state index contributed by atoms with van der Waals surface area (Å²) in [6.45, 7) is 0.706. The van der Waals surface area contributed by atoms with Crippen molar-refractivity contribution < 1.29 is 22.3 Å². The molecule has 1 aliphatic heterocycles. The molecule has 168 valence electrons. The van der Waals surface area contributed by atoms with Crippen molar-refractivity contribution in [1.82, 2.24) is 9.55 Å². The van der Waals surface area contributed by atoms with E-state index in [1.54, 1.807) is 31.6 Å². The van der Waals surface area contributed by atoms with E-state index in [0.717, 1.165) is 27.1 Å². The fraction of sp³-hybridized carbons (Fsp3) is 0.160. The van der Waals surface area contributed by atoms with Crippen LogP contribution in [0.4, 0.5) is 4.39 Å². The number of benzene rings is 3. The van der Waals surface area contributed by atoms with Crippen LogP contribution in [0.2, 0.25) is 0 Å². The minimum absolute atomic E-state index is 0.194. The van der Waals surface area contributed by atoms with E-state index in [4.69, 9.17) is 9.47 Å². The lowest BCUT2D eigenvalue weighted by Gasteiger charge is -2.09. The molecule has 3 aromatic carbocycles. The number of fused-ring (bicyclic) bond motifs is 3. The van der Waals surface area contributed by atoms with Crippen LogP contribution in [-0.2, 0) is 27.7 Å². The van der Waals surface area contributed by atoms with Crippen LogP contribution in [0.3, 0.4) is 0 Å². The van der Waals surface area contributed by atoms with Crippen molar-refractivity contribution in [2.45, 2.75) is 18.0 Å². The number of para-hydroxylation sites is 1. The second-order valence-electron chi connectivity index (χ2n) is 7.97. The third-order valence-electron chi connectivity index (χ3n) is 5.59. The van der Waals surface area contributed by atoms with Crippen LogP contribution in [-0.4, -0.2) is 31.3 Å². The fourth-order valence-electron chi connectivity index (χ4n) is 4.05. The lowest BCUT2D eigenvalue weighted by Crippen LogP contribution is -2.25. The quantitative estimate of drug-likeness (QED) is 0.454. The maximum Gasteiger partial charge on any atom is 0.177 e. The monoisotopic (exact) mass is 464 g/mol. The van der Waals surface area contributed by atoms with Crippen molar-refractivity contribution in [2.75, 3.05) is 13.4 Å². The maximum absolute atomic E-state index is 13.6. The van der Waals surface area contributed by atoms with Gasteiger partial charge in [0.2, 0.25) is 0 Å². The molecule has 0 aliphatic carbocycles. The SMILES string of the molecule is COCc1nc2c(S(C)(=O)=O)cccc2n1Cc1ccc2c(c1)=COc1cc(F)ccc1C=2. The summed E-state index contributed by atoms with van der Waals surface area (Å²) in [5.41, 5.74) is 2.92. The molecule has 0 amide bonds. The first kappa shape index (κ1) is 21.4. The second-order valence-corrected chi connectivity index (χ2v) is 9.95. The van der Waals surface area contributed by atoms with Crippen LogP contribution in [0.5, 0.6) is 5.75 Å². The van der Waals surface area contributed by atoms with Gasteiger partial charge in [0.15, 0.2) is 9.84 Å². The van der Waals surface area contributed by atoms with Gasteiger partial charge in [0.05, 0.1) is 16.7 Å². The van der Waals surface area contributed by atoms with Gasteiger partial charge in [0.25, 0.3) is 0 Å². The molecule has 1 aliphatic rings. The largest absolute Gasteiger partial charge is 0.464 e. The molecule has 0 fully saturated rings. The van der Waals surface area contributed by atoms with E-state index in [0.29, 0.717) is 23.6 Å². The van der Waals surface area contributed by atoms with E-state index < -0.39 is 9.84 Å². The smallest absolute Gasteiger partial charge is 0.177 e. The first-order chi connectivity index (χ1) is 15.8. The van der Waals surface area contributed by atoms with E-state index in [1.807, 2.05) is 34.9 Å². The van der Waals surface area contributed by atoms with Crippen LogP contribution < -0.4 is 15.2 Å². The topological polar surface area (TPSA) is 70.4 Å². The number of rotatable bonds is 5. The Labute approximate surface area is 190 Å². The lowest BCUT2D eigenvalue weighted by atomic mass is 10.1. The molecule has 2 heterocycles. The summed E-state index contributed by atoms with van der Waals surface area (Å²) in [6, 6.07) is 15.6. The summed E-state index contributed by atoms with van der Waals surface area (Å²) in [5, 5.41) is 1.81. The van der Waals surface area contributed by atoms with E-state index in [2.05, 4.69) is 4.98 Å². The van der Waals surface area contributed by atoms with Crippen molar-refractivity contribution in [3.8, 4) is 5.75 Å². The third kappa shape index (κ3) is 4.03. The van der Waals surface area contributed by atoms with Gasteiger partial charge in [-0.15, -0.1) is 0 Å². The van der Waals surface area contributed by atoms with Crippen molar-refractivity contribution >= 4 is 33.2 Å². The normalized spacial score (nSPS) is 12.8. The summed E-state index contributed by atoms with van der Waals surface area (Å²) in [7, 11) is -1.86. The number of hydrogen-bond acceptors (Lipinski definition) is 5. The first-order valence-corrected chi connectivity index (χ1v) is 12.2. The summed E-state index contributed by atoms with van der Waals surface area (Å²) in [6.07, 6.45) is 4.75. The van der Waals surface area contributed by atoms with Gasteiger partial charge in [-0.3, -0.25) is 0 Å². The molecule has 6 nitrogen and oxygen atoms in total. The highest BCUT2D eigenvalue weighted by molar-refractivity contribution is 7.91. The molecule has 4 aromatic rings. The molecule has 5 rings (SSSR count). The average molecular weight is 465 g/mol. The summed E-state index contributed by atoms with van der Waals surface area (Å²) in [4.78, 5) is 4.78. The number of ether oxygens (including phenoxy) is 2. The molecule has 33 heavy (non-hydrogen) atoms. The standard InChI is InChI=1S/C25H21FN2O4S/c1-31-15-24-27-25-21(4-3-5-23(25)33(2,29)30)28(24)13-16-6-7-17-11-18-8-9-20(26)12-22(18)32-14-19(17)10-16/h3-12,14H,13,15H2,1-2H3. The Balaban J connectivity index is 1.60. The van der Waals surface area contributed by atoms with E-state index >= 15 is 0 Å². The van der Waals surface area contributed by atoms with Crippen LogP contribution in [0.25, 0.3) is 23.4 Å². The Morgan fingerprint density at radius 1 is 1.09 bits per heavy atom. The van der Waals surface area contributed by atoms with Gasteiger partial charge < -0.3 is 14.0 Å². The molecule has 0 bridgehead atoms. The molecule has 8 heteroatoms. The van der Waals surface area contributed by atoms with Crippen molar-refractivity contribution in [2.24, 2.45) is 0 Å². The van der Waals surface area contributed by atoms with E-state index in [-0.39, 0.29) is 17.3 Å². The first-order valence-electron chi connectivity index (χ1n) is 10.3. The number of sulfone groups is 1. The van der Waals surface area contributed by atoms with Crippen molar-refractivity contribution in [1.29, 1.82) is 0 Å². The van der Waals surface area contributed by atoms with Gasteiger partial charge in [-0.25, -0.2) is 17.8 Å². The van der Waals surface area contributed by atoms with E-state index in [9.17, 15) is 12.8 Å². The molecule has 0 spiro atoms. The van der Waals surface area contributed by atoms with Crippen LogP contribution >= 0.6 is 0 Å². The molecule has 0 radical (unpaired) electrons. The minimum atomic E-state index is -3.44. The molecule has 1 aromatic heterocycles. The Morgan fingerprint density at radius 2 is 1.94 bits per heavy atom. The number of aromatic nitrogens is 2. The van der Waals surface area contributed by atoms with Gasteiger partial charge >= 0.3 is 0 Å². The zero-order valence-electron chi connectivity index (χ0n) is 18.1. The van der Waals surface area contributed by atoms with Gasteiger partial charge in [0.1, 0.15) is 29.5 Å². The third-order valence-corrected chi connectivity index (χ3v) is 6.71. The number of nitrogens with zero attached hydrogens (tertiary/aromatic N) is 2. The Bertz CT molecular complexity index is 1620. The molecule has 0 saturated carbocycles. The van der Waals surface area contributed by atoms with Crippen molar-refractivity contribution in [3.63, 3.8) is 0 Å². The highest BCUT2D eigenvalue weighted by atomic mass is 32.2. The molecule has 0 N–H and O–H groups in total. The summed E-state index contributed by atoms with van der Waals surface area (Å²) >= 11 is 0. The Hall–Kier alpha value is -3.49. The number of imidazole rings is 1. The highest BCUT2D eigenvalue weighted by Crippen LogP contribution is 2.25. The Morgan fingerprint density at radius 3 is 2.73 bits per heavy atom. The Kier molecular flexibility index (Phi) is 5.26. The number of hydrogen-bond donors (Lipinski definition) is 0. The zero-order chi connectivity index (χ0) is 23.2. The molecular weight excluding hydrogens is 443 g/mol. The van der Waals surface area contributed by atoms with Crippen LogP contribution in [0, 0.1) is 5.82 Å². The molecule has 0 unspecified atom stereocenters. The van der Waals surface area contributed by atoms with Gasteiger partial charge in [-0.2, -0.15) is 0 Å². The van der Waals surface area contributed by atoms with Crippen LogP contribution in [0.15, 0.2) is 59.5 Å². The zero-order valence-corrected chi connectivity index (χ0v) is 18.9. The predicted molar refractivity (Wildman–Crippen MR) is 123 cm³/mol. The molecule has 0 atom stereocenters. The van der Waals surface area contributed by atoms with Gasteiger partial charge in [0, 0.05) is 36.8 Å². The number of halogens is 1. The fourth-order valence-corrected chi connectivity index (χ4v) is 4.87. The van der Waals surface area contributed by atoms with Crippen molar-refractivity contribution in [3.05, 3.63) is 87.8 Å². The number of methoxy groups -OCH3 is 1. The van der Waals surface area contributed by atoms with E-state index in [1.165, 1.54) is 18.4 Å². The van der Waals surface area contributed by atoms with Crippen LogP contribution in [0.1, 0.15) is 17.0 Å². The average Bonchev–Trinajstić information content (AvgIpc) is 3.00. The highest BCUT2D eigenvalue weighted by Gasteiger charge is 2.19. The lowest BCUT2D eigenvalue weighted by molar-refractivity contribution is 0.175. The minimum Gasteiger partial charge on any atom is -0.464 e. The predicted octanol–water partition coefficient (Wildman–Crippen LogP) is 2.73. The maximum atomic E-state index is 13.6.